The van der Waals surface area contributed by atoms with E-state index in [1.54, 1.807) is 0 Å². The predicted octanol–water partition coefficient (Wildman–Crippen LogP) is 1.58. The maximum absolute atomic E-state index is 7.42. The Morgan fingerprint density at radius 1 is 1.07 bits per heavy atom. The largest absolute Gasteiger partial charge is 0.387 e. The highest BCUT2D eigenvalue weighted by molar-refractivity contribution is 5.79. The molecule has 0 aromatic carbocycles. The van der Waals surface area contributed by atoms with E-state index in [1.807, 2.05) is 0 Å². The maximum atomic E-state index is 7.42. The van der Waals surface area contributed by atoms with Gasteiger partial charge in [0, 0.05) is 12.0 Å². The first kappa shape index (κ1) is 9.97. The normalized spacial score (nSPS) is 26.9. The minimum absolute atomic E-state index is 0.368. The summed E-state index contributed by atoms with van der Waals surface area (Å²) in [7, 11) is 0. The van der Waals surface area contributed by atoms with Crippen LogP contribution < -0.4 is 5.73 Å². The van der Waals surface area contributed by atoms with Crippen LogP contribution in [0.4, 0.5) is 0 Å². The second-order valence-electron chi connectivity index (χ2n) is 4.70. The molecule has 0 aromatic rings. The maximum Gasteiger partial charge on any atom is 0.0937 e. The lowest BCUT2D eigenvalue weighted by Crippen LogP contribution is -2.42. The van der Waals surface area contributed by atoms with E-state index < -0.39 is 0 Å². The molecular weight excluding hydrogens is 174 g/mol. The fraction of sp³-hybridized carbons (Fsp3) is 0.909. The van der Waals surface area contributed by atoms with E-state index in [4.69, 9.17) is 11.1 Å². The lowest BCUT2D eigenvalue weighted by atomic mass is 9.94. The molecule has 0 amide bonds. The van der Waals surface area contributed by atoms with Crippen molar-refractivity contribution in [1.29, 1.82) is 5.41 Å². The highest BCUT2D eigenvalue weighted by atomic mass is 15.2. The fourth-order valence-corrected chi connectivity index (χ4v) is 2.85. The Labute approximate surface area is 86.2 Å². The van der Waals surface area contributed by atoms with Crippen LogP contribution in [0.1, 0.15) is 38.5 Å². The molecule has 1 aliphatic carbocycles. The van der Waals surface area contributed by atoms with Gasteiger partial charge in [-0.3, -0.25) is 5.41 Å². The van der Waals surface area contributed by atoms with Gasteiger partial charge in [0.15, 0.2) is 0 Å². The van der Waals surface area contributed by atoms with E-state index >= 15 is 0 Å². The van der Waals surface area contributed by atoms with Crippen LogP contribution in [0, 0.1) is 11.3 Å². The number of nitrogens with two attached hydrogens (primary N) is 1. The van der Waals surface area contributed by atoms with Crippen molar-refractivity contribution in [2.45, 2.75) is 44.6 Å². The number of piperidine rings is 1. The number of nitrogens with one attached hydrogen (secondary N) is 1. The zero-order chi connectivity index (χ0) is 9.97. The van der Waals surface area contributed by atoms with Gasteiger partial charge < -0.3 is 10.6 Å². The van der Waals surface area contributed by atoms with Crippen LogP contribution in [0.3, 0.4) is 0 Å². The van der Waals surface area contributed by atoms with Gasteiger partial charge in [-0.1, -0.05) is 12.8 Å². The fourth-order valence-electron chi connectivity index (χ4n) is 2.85. The Morgan fingerprint density at radius 2 is 1.64 bits per heavy atom. The summed E-state index contributed by atoms with van der Waals surface area (Å²) in [6.07, 6.45) is 7.82. The number of amidine groups is 1. The number of hydrogen-bond donors (Lipinski definition) is 2. The molecule has 0 radical (unpaired) electrons. The number of likely N-dealkylation sites (tertiary alicyclic amines) is 1. The molecule has 2 aliphatic rings. The molecule has 3 heteroatoms. The highest BCUT2D eigenvalue weighted by Crippen LogP contribution is 2.27. The molecular formula is C11H21N3. The van der Waals surface area contributed by atoms with Crippen LogP contribution in [0.25, 0.3) is 0 Å². The van der Waals surface area contributed by atoms with Gasteiger partial charge in [-0.05, 0) is 38.8 Å². The van der Waals surface area contributed by atoms with E-state index in [9.17, 15) is 0 Å². The van der Waals surface area contributed by atoms with Crippen molar-refractivity contribution in [3.8, 4) is 0 Å². The zero-order valence-electron chi connectivity index (χ0n) is 8.84. The molecule has 1 saturated heterocycles. The van der Waals surface area contributed by atoms with Crippen molar-refractivity contribution in [3.05, 3.63) is 0 Å². The van der Waals surface area contributed by atoms with Crippen LogP contribution in [0.5, 0.6) is 0 Å². The lowest BCUT2D eigenvalue weighted by Gasteiger charge is -2.35. The third-order valence-electron chi connectivity index (χ3n) is 3.81. The molecule has 14 heavy (non-hydrogen) atoms. The van der Waals surface area contributed by atoms with Crippen molar-refractivity contribution in [2.75, 3.05) is 13.1 Å². The van der Waals surface area contributed by atoms with E-state index in [0.29, 0.717) is 11.8 Å². The smallest absolute Gasteiger partial charge is 0.0937 e. The van der Waals surface area contributed by atoms with Crippen molar-refractivity contribution in [2.24, 2.45) is 11.7 Å². The van der Waals surface area contributed by atoms with Crippen LogP contribution in [-0.2, 0) is 0 Å². The summed E-state index contributed by atoms with van der Waals surface area (Å²) in [4.78, 5) is 2.62. The monoisotopic (exact) mass is 195 g/mol. The third-order valence-corrected chi connectivity index (χ3v) is 3.81. The molecule has 80 valence electrons. The van der Waals surface area contributed by atoms with Crippen molar-refractivity contribution < 1.29 is 0 Å². The molecule has 0 atom stereocenters. The molecule has 0 aromatic heterocycles. The lowest BCUT2D eigenvalue weighted by molar-refractivity contribution is 0.151. The molecule has 1 aliphatic heterocycles. The molecule has 2 rings (SSSR count). The van der Waals surface area contributed by atoms with Crippen LogP contribution in [0.2, 0.25) is 0 Å². The highest BCUT2D eigenvalue weighted by Gasteiger charge is 2.27. The number of rotatable bonds is 2. The van der Waals surface area contributed by atoms with Gasteiger partial charge in [0.25, 0.3) is 0 Å². The second kappa shape index (κ2) is 4.30. The first-order chi connectivity index (χ1) is 6.77. The average molecular weight is 195 g/mol. The van der Waals surface area contributed by atoms with Crippen LogP contribution in [-0.4, -0.2) is 29.9 Å². The van der Waals surface area contributed by atoms with Gasteiger partial charge >= 0.3 is 0 Å². The molecule has 3 nitrogen and oxygen atoms in total. The van der Waals surface area contributed by atoms with Crippen molar-refractivity contribution in [3.63, 3.8) is 0 Å². The van der Waals surface area contributed by atoms with Crippen molar-refractivity contribution >= 4 is 5.84 Å². The van der Waals surface area contributed by atoms with Crippen molar-refractivity contribution in [1.82, 2.24) is 4.90 Å². The van der Waals surface area contributed by atoms with Gasteiger partial charge in [-0.2, -0.15) is 0 Å². The predicted molar refractivity (Wildman–Crippen MR) is 58.5 cm³/mol. The summed E-state index contributed by atoms with van der Waals surface area (Å²) in [6, 6.07) is 0.850. The van der Waals surface area contributed by atoms with Gasteiger partial charge in [0.2, 0.25) is 0 Å². The molecule has 1 saturated carbocycles. The van der Waals surface area contributed by atoms with Gasteiger partial charge in [0.1, 0.15) is 0 Å². The first-order valence-corrected chi connectivity index (χ1v) is 5.85. The summed E-state index contributed by atoms with van der Waals surface area (Å²) < 4.78 is 0. The van der Waals surface area contributed by atoms with E-state index in [2.05, 4.69) is 4.90 Å². The minimum Gasteiger partial charge on any atom is -0.387 e. The molecule has 1 heterocycles. The Bertz CT molecular complexity index is 201. The minimum atomic E-state index is 0.368. The summed E-state index contributed by atoms with van der Waals surface area (Å²) in [6.45, 7) is 2.32. The Morgan fingerprint density at radius 3 is 2.14 bits per heavy atom. The summed E-state index contributed by atoms with van der Waals surface area (Å²) >= 11 is 0. The first-order valence-electron chi connectivity index (χ1n) is 5.85. The SMILES string of the molecule is N=C(N)C1CCN(C2CCCC2)CC1. The van der Waals surface area contributed by atoms with Crippen LogP contribution >= 0.6 is 0 Å². The molecule has 0 unspecified atom stereocenters. The number of hydrogen-bond acceptors (Lipinski definition) is 2. The Balaban J connectivity index is 1.80. The summed E-state index contributed by atoms with van der Waals surface area (Å²) in [5.74, 6) is 0.767. The zero-order valence-corrected chi connectivity index (χ0v) is 8.84. The molecule has 0 bridgehead atoms. The van der Waals surface area contributed by atoms with Gasteiger partial charge in [-0.15, -0.1) is 0 Å². The topological polar surface area (TPSA) is 53.1 Å². The second-order valence-corrected chi connectivity index (χ2v) is 4.70. The van der Waals surface area contributed by atoms with E-state index in [-0.39, 0.29) is 0 Å². The van der Waals surface area contributed by atoms with Crippen LogP contribution in [0.15, 0.2) is 0 Å². The van der Waals surface area contributed by atoms with Gasteiger partial charge in [-0.25, -0.2) is 0 Å². The summed E-state index contributed by atoms with van der Waals surface area (Å²) in [5, 5.41) is 7.42. The quantitative estimate of drug-likeness (QED) is 0.519. The average Bonchev–Trinajstić information content (AvgIpc) is 2.71. The number of nitrogens with zero attached hydrogens (tertiary/aromatic N) is 1. The Kier molecular flexibility index (Phi) is 3.06. The van der Waals surface area contributed by atoms with Gasteiger partial charge in [0.05, 0.1) is 5.84 Å². The third kappa shape index (κ3) is 2.08. The standard InChI is InChI=1S/C11H21N3/c12-11(13)9-5-7-14(8-6-9)10-3-1-2-4-10/h9-10H,1-8H2,(H3,12,13). The van der Waals surface area contributed by atoms with E-state index in [1.165, 1.54) is 25.7 Å². The molecule has 0 spiro atoms. The van der Waals surface area contributed by atoms with E-state index in [0.717, 1.165) is 32.0 Å². The summed E-state index contributed by atoms with van der Waals surface area (Å²) in [5.41, 5.74) is 5.53. The Hall–Kier alpha value is -0.570. The molecule has 3 N–H and O–H groups in total. The molecule has 2 fully saturated rings.